The lowest BCUT2D eigenvalue weighted by atomic mass is 10.0. The van der Waals surface area contributed by atoms with Crippen molar-refractivity contribution in [2.45, 2.75) is 0 Å². The van der Waals surface area contributed by atoms with E-state index in [0.717, 1.165) is 22.2 Å². The summed E-state index contributed by atoms with van der Waals surface area (Å²) in [6, 6.07) is 33.9. The Morgan fingerprint density at radius 1 is 0.706 bits per heavy atom. The topological polar surface area (TPSA) is 48.3 Å². The van der Waals surface area contributed by atoms with Crippen LogP contribution in [-0.4, -0.2) is 22.7 Å². The lowest BCUT2D eigenvalue weighted by Crippen LogP contribution is -2.13. The van der Waals surface area contributed by atoms with Gasteiger partial charge in [-0.25, -0.2) is 0 Å². The number of para-hydroxylation sites is 1. The van der Waals surface area contributed by atoms with Gasteiger partial charge in [0.1, 0.15) is 5.75 Å². The van der Waals surface area contributed by atoms with Gasteiger partial charge in [-0.2, -0.15) is 0 Å². The Labute approximate surface area is 198 Å². The van der Waals surface area contributed by atoms with Gasteiger partial charge in [-0.05, 0) is 35.9 Å². The van der Waals surface area contributed by atoms with Crippen molar-refractivity contribution in [2.24, 2.45) is 7.05 Å². The summed E-state index contributed by atoms with van der Waals surface area (Å²) in [5.74, 6) is 0.394. The second-order valence-corrected chi connectivity index (χ2v) is 8.10. The summed E-state index contributed by atoms with van der Waals surface area (Å²) in [5.41, 5.74) is 4.71. The molecule has 0 unspecified atom stereocenters. The molecular weight excluding hydrogens is 422 g/mol. The highest BCUT2D eigenvalue weighted by Gasteiger charge is 2.22. The van der Waals surface area contributed by atoms with E-state index < -0.39 is 0 Å². The number of carbonyl (C=O) groups excluding carboxylic acids is 2. The Kier molecular flexibility index (Phi) is 5.79. The number of aryl methyl sites for hydroxylation is 1. The average Bonchev–Trinajstić information content (AvgIpc) is 3.20. The minimum atomic E-state index is -0.0974. The molecule has 34 heavy (non-hydrogen) atoms. The summed E-state index contributed by atoms with van der Waals surface area (Å²) in [7, 11) is 1.98. The molecule has 1 aromatic heterocycles. The molecule has 0 aliphatic heterocycles. The fraction of sp³-hybridized carbons (Fsp3) is 0.0667. The molecule has 0 fully saturated rings. The summed E-state index contributed by atoms with van der Waals surface area (Å²) in [5, 5.41) is 0.904. The first-order valence-electron chi connectivity index (χ1n) is 11.1. The number of ketones is 2. The first kappa shape index (κ1) is 21.4. The zero-order chi connectivity index (χ0) is 23.5. The number of hydrogen-bond acceptors (Lipinski definition) is 3. The van der Waals surface area contributed by atoms with Gasteiger partial charge >= 0.3 is 0 Å². The van der Waals surface area contributed by atoms with Gasteiger partial charge in [0.15, 0.2) is 12.4 Å². The molecule has 0 spiro atoms. The third-order valence-corrected chi connectivity index (χ3v) is 5.96. The number of fused-ring (bicyclic) bond motifs is 1. The van der Waals surface area contributed by atoms with Crippen molar-refractivity contribution in [1.29, 1.82) is 0 Å². The molecule has 1 heterocycles. The smallest absolute Gasteiger partial charge is 0.202 e. The molecule has 0 aliphatic rings. The highest BCUT2D eigenvalue weighted by molar-refractivity contribution is 6.14. The van der Waals surface area contributed by atoms with Crippen LogP contribution in [0.15, 0.2) is 109 Å². The van der Waals surface area contributed by atoms with Crippen LogP contribution < -0.4 is 4.74 Å². The lowest BCUT2D eigenvalue weighted by Gasteiger charge is -2.10. The highest BCUT2D eigenvalue weighted by atomic mass is 16.5. The quantitative estimate of drug-likeness (QED) is 0.275. The summed E-state index contributed by atoms with van der Waals surface area (Å²) in [6.45, 7) is -0.0974. The van der Waals surface area contributed by atoms with E-state index in [4.69, 9.17) is 4.74 Å². The number of rotatable bonds is 7. The molecular formula is C30H23NO3. The number of Topliss-reactive ketones (excluding diaryl/α,β-unsaturated/α-hetero) is 1. The van der Waals surface area contributed by atoms with E-state index in [-0.39, 0.29) is 18.2 Å². The van der Waals surface area contributed by atoms with Crippen molar-refractivity contribution in [1.82, 2.24) is 4.57 Å². The molecule has 0 radical (unpaired) electrons. The van der Waals surface area contributed by atoms with Crippen molar-refractivity contribution in [3.05, 3.63) is 126 Å². The number of benzene rings is 4. The van der Waals surface area contributed by atoms with Crippen molar-refractivity contribution >= 4 is 22.5 Å². The third-order valence-electron chi connectivity index (χ3n) is 5.96. The molecule has 166 valence electrons. The van der Waals surface area contributed by atoms with E-state index in [1.54, 1.807) is 36.4 Å². The van der Waals surface area contributed by atoms with E-state index in [9.17, 15) is 9.59 Å². The number of carbonyl (C=O) groups is 2. The molecule has 0 atom stereocenters. The first-order valence-corrected chi connectivity index (χ1v) is 11.1. The molecule has 0 saturated carbocycles. The minimum Gasteiger partial charge on any atom is -0.485 e. The zero-order valence-electron chi connectivity index (χ0n) is 18.8. The van der Waals surface area contributed by atoms with Gasteiger partial charge in [0.2, 0.25) is 5.78 Å². The third kappa shape index (κ3) is 4.02. The average molecular weight is 446 g/mol. The molecule has 4 nitrogen and oxygen atoms in total. The monoisotopic (exact) mass is 445 g/mol. The normalized spacial score (nSPS) is 10.9. The minimum absolute atomic E-state index is 0.0496. The number of nitrogens with zero attached hydrogens (tertiary/aromatic N) is 1. The van der Waals surface area contributed by atoms with Crippen LogP contribution in [0.1, 0.15) is 26.3 Å². The summed E-state index contributed by atoms with van der Waals surface area (Å²) >= 11 is 0. The van der Waals surface area contributed by atoms with Crippen molar-refractivity contribution in [3.8, 4) is 17.0 Å². The van der Waals surface area contributed by atoms with E-state index in [1.165, 1.54) is 0 Å². The summed E-state index contributed by atoms with van der Waals surface area (Å²) in [6.07, 6.45) is 0. The van der Waals surface area contributed by atoms with Crippen LogP contribution >= 0.6 is 0 Å². The molecule has 5 rings (SSSR count). The summed E-state index contributed by atoms with van der Waals surface area (Å²) < 4.78 is 7.90. The van der Waals surface area contributed by atoms with Crippen molar-refractivity contribution in [3.63, 3.8) is 0 Å². The number of ether oxygens (including phenoxy) is 1. The van der Waals surface area contributed by atoms with E-state index in [2.05, 4.69) is 4.57 Å². The molecule has 0 amide bonds. The van der Waals surface area contributed by atoms with E-state index in [1.807, 2.05) is 79.8 Å². The molecule has 5 aromatic rings. The van der Waals surface area contributed by atoms with Gasteiger partial charge in [-0.15, -0.1) is 0 Å². The van der Waals surface area contributed by atoms with Crippen LogP contribution in [0.3, 0.4) is 0 Å². The van der Waals surface area contributed by atoms with Gasteiger partial charge in [-0.1, -0.05) is 78.9 Å². The summed E-state index contributed by atoms with van der Waals surface area (Å²) in [4.78, 5) is 26.0. The zero-order valence-corrected chi connectivity index (χ0v) is 18.8. The largest absolute Gasteiger partial charge is 0.485 e. The second-order valence-electron chi connectivity index (χ2n) is 8.10. The molecule has 0 N–H and O–H groups in total. The predicted octanol–water partition coefficient (Wildman–Crippen LogP) is 6.34. The lowest BCUT2D eigenvalue weighted by molar-refractivity contribution is 0.0923. The first-order chi connectivity index (χ1) is 16.6. The Hall–Kier alpha value is -4.44. The Bertz CT molecular complexity index is 1470. The fourth-order valence-electron chi connectivity index (χ4n) is 4.29. The van der Waals surface area contributed by atoms with Crippen LogP contribution in [0, 0.1) is 0 Å². The highest BCUT2D eigenvalue weighted by Crippen LogP contribution is 2.33. The Morgan fingerprint density at radius 3 is 2.00 bits per heavy atom. The Morgan fingerprint density at radius 2 is 1.29 bits per heavy atom. The van der Waals surface area contributed by atoms with Gasteiger partial charge in [-0.3, -0.25) is 9.59 Å². The number of aromatic nitrogens is 1. The Balaban J connectivity index is 1.39. The van der Waals surface area contributed by atoms with Crippen LogP contribution in [0.2, 0.25) is 0 Å². The van der Waals surface area contributed by atoms with E-state index >= 15 is 0 Å². The van der Waals surface area contributed by atoms with Crippen molar-refractivity contribution in [2.75, 3.05) is 6.61 Å². The molecule has 0 saturated heterocycles. The SMILES string of the molecule is Cn1c(-c2ccccc2)c(C(=O)COc2ccc(C(=O)c3ccccc3)cc2)c2ccccc21. The van der Waals surface area contributed by atoms with Crippen LogP contribution in [0.4, 0.5) is 0 Å². The predicted molar refractivity (Wildman–Crippen MR) is 134 cm³/mol. The standard InChI is InChI=1S/C30H23NO3/c1-31-26-15-9-8-14-25(26)28(29(31)21-10-4-2-5-11-21)27(32)20-34-24-18-16-23(17-19-24)30(33)22-12-6-3-7-13-22/h2-19H,20H2,1H3. The number of hydrogen-bond donors (Lipinski definition) is 0. The molecule has 0 aliphatic carbocycles. The van der Waals surface area contributed by atoms with Crippen LogP contribution in [-0.2, 0) is 7.05 Å². The molecule has 4 heteroatoms. The maximum atomic E-state index is 13.4. The van der Waals surface area contributed by atoms with Crippen LogP contribution in [0.5, 0.6) is 5.75 Å². The van der Waals surface area contributed by atoms with Gasteiger partial charge in [0.25, 0.3) is 0 Å². The van der Waals surface area contributed by atoms with Crippen LogP contribution in [0.25, 0.3) is 22.2 Å². The molecule has 4 aromatic carbocycles. The van der Waals surface area contributed by atoms with Crippen molar-refractivity contribution < 1.29 is 14.3 Å². The second kappa shape index (κ2) is 9.20. The maximum Gasteiger partial charge on any atom is 0.202 e. The maximum absolute atomic E-state index is 13.4. The van der Waals surface area contributed by atoms with Gasteiger partial charge in [0, 0.05) is 29.1 Å². The fourth-order valence-corrected chi connectivity index (χ4v) is 4.29. The molecule has 0 bridgehead atoms. The van der Waals surface area contributed by atoms with Gasteiger partial charge < -0.3 is 9.30 Å². The van der Waals surface area contributed by atoms with E-state index in [0.29, 0.717) is 22.4 Å². The van der Waals surface area contributed by atoms with Gasteiger partial charge in [0.05, 0.1) is 11.3 Å².